The minimum absolute atomic E-state index is 0.0101. The van der Waals surface area contributed by atoms with Crippen LogP contribution in [0, 0.1) is 11.8 Å². The van der Waals surface area contributed by atoms with Crippen LogP contribution >= 0.6 is 0 Å². The highest BCUT2D eigenvalue weighted by molar-refractivity contribution is 5.66. The second-order valence-corrected chi connectivity index (χ2v) is 8.15. The van der Waals surface area contributed by atoms with Crippen LogP contribution in [0.15, 0.2) is 24.3 Å². The maximum absolute atomic E-state index is 11.6. The Morgan fingerprint density at radius 3 is 2.22 bits per heavy atom. The second-order valence-electron chi connectivity index (χ2n) is 8.15. The molecule has 0 N–H and O–H groups in total. The summed E-state index contributed by atoms with van der Waals surface area (Å²) in [4.78, 5) is 11.6. The molecule has 2 aromatic rings. The van der Waals surface area contributed by atoms with Gasteiger partial charge in [0.2, 0.25) is 12.5 Å². The molecule has 0 amide bonds. The van der Waals surface area contributed by atoms with Gasteiger partial charge in [-0.1, -0.05) is 0 Å². The second kappa shape index (κ2) is 8.09. The zero-order valence-corrected chi connectivity index (χ0v) is 18.5. The third kappa shape index (κ3) is 3.21. The van der Waals surface area contributed by atoms with E-state index in [4.69, 9.17) is 33.2 Å². The standard InChI is InChI=1S/C24H26O8/c1-12(25)29-10-17-16-9-30-23(17)15-8-19-18(31-11-32-19)7-14(15)22(16)13-5-20(26-2)24(28-4)21(6-13)27-3/h5-8,16-17,22-23H,9-11H2,1-4H3/t16-,17+,22-,23-/m1/s1. The zero-order valence-electron chi connectivity index (χ0n) is 18.5. The van der Waals surface area contributed by atoms with E-state index in [1.807, 2.05) is 24.3 Å². The number of methoxy groups -OCH3 is 3. The Balaban J connectivity index is 1.67. The molecule has 2 heterocycles. The zero-order chi connectivity index (χ0) is 22.4. The van der Waals surface area contributed by atoms with Crippen molar-refractivity contribution in [3.8, 4) is 28.7 Å². The molecule has 0 radical (unpaired) electrons. The molecule has 0 unspecified atom stereocenters. The van der Waals surface area contributed by atoms with Crippen LogP contribution in [0.4, 0.5) is 0 Å². The van der Waals surface area contributed by atoms with E-state index in [1.165, 1.54) is 6.92 Å². The molecule has 2 bridgehead atoms. The number of carbonyl (C=O) groups is 1. The van der Waals surface area contributed by atoms with E-state index in [0.29, 0.717) is 36.2 Å². The molecule has 8 heteroatoms. The maximum atomic E-state index is 11.6. The highest BCUT2D eigenvalue weighted by atomic mass is 16.7. The van der Waals surface area contributed by atoms with E-state index in [1.54, 1.807) is 21.3 Å². The van der Waals surface area contributed by atoms with Crippen LogP contribution in [0.1, 0.15) is 35.6 Å². The molecule has 32 heavy (non-hydrogen) atoms. The van der Waals surface area contributed by atoms with Gasteiger partial charge in [0.25, 0.3) is 0 Å². The summed E-state index contributed by atoms with van der Waals surface area (Å²) in [5.41, 5.74) is 3.13. The average molecular weight is 442 g/mol. The SMILES string of the molecule is COc1cc([C@@H]2c3cc4c(cc3[C@H]3OC[C@@H]2[C@@H]3COC(C)=O)OCO4)cc(OC)c1OC. The van der Waals surface area contributed by atoms with Gasteiger partial charge < -0.3 is 33.2 Å². The Labute approximate surface area is 186 Å². The van der Waals surface area contributed by atoms with Gasteiger partial charge in [0, 0.05) is 24.7 Å². The number of carbonyl (C=O) groups excluding carboxylic acids is 1. The summed E-state index contributed by atoms with van der Waals surface area (Å²) in [5.74, 6) is 2.89. The predicted octanol–water partition coefficient (Wildman–Crippen LogP) is 3.45. The summed E-state index contributed by atoms with van der Waals surface area (Å²) >= 11 is 0. The van der Waals surface area contributed by atoms with Gasteiger partial charge >= 0.3 is 5.97 Å². The number of hydrogen-bond donors (Lipinski definition) is 0. The molecule has 2 aliphatic heterocycles. The largest absolute Gasteiger partial charge is 0.493 e. The van der Waals surface area contributed by atoms with Gasteiger partial charge in [0.1, 0.15) is 0 Å². The lowest BCUT2D eigenvalue weighted by atomic mass is 9.67. The van der Waals surface area contributed by atoms with E-state index >= 15 is 0 Å². The molecule has 5 rings (SSSR count). The van der Waals surface area contributed by atoms with Crippen molar-refractivity contribution in [3.05, 3.63) is 41.0 Å². The fourth-order valence-electron chi connectivity index (χ4n) is 5.20. The fraction of sp³-hybridized carbons (Fsp3) is 0.458. The number of hydrogen-bond acceptors (Lipinski definition) is 8. The number of ether oxygens (including phenoxy) is 7. The van der Waals surface area contributed by atoms with Gasteiger partial charge in [-0.15, -0.1) is 0 Å². The van der Waals surface area contributed by atoms with Crippen molar-refractivity contribution in [2.24, 2.45) is 11.8 Å². The highest BCUT2D eigenvalue weighted by Gasteiger charge is 2.50. The van der Waals surface area contributed by atoms with Gasteiger partial charge in [-0.25, -0.2) is 0 Å². The third-order valence-electron chi connectivity index (χ3n) is 6.58. The molecule has 3 aliphatic rings. The first kappa shape index (κ1) is 20.8. The van der Waals surface area contributed by atoms with Crippen molar-refractivity contribution in [1.82, 2.24) is 0 Å². The maximum Gasteiger partial charge on any atom is 0.302 e. The number of benzene rings is 2. The predicted molar refractivity (Wildman–Crippen MR) is 113 cm³/mol. The summed E-state index contributed by atoms with van der Waals surface area (Å²) in [5, 5.41) is 0. The number of rotatable bonds is 6. The van der Waals surface area contributed by atoms with Crippen LogP contribution in [0.2, 0.25) is 0 Å². The number of esters is 1. The van der Waals surface area contributed by atoms with Crippen LogP contribution in [-0.2, 0) is 14.3 Å². The van der Waals surface area contributed by atoms with E-state index in [-0.39, 0.29) is 36.6 Å². The van der Waals surface area contributed by atoms with Gasteiger partial charge in [-0.3, -0.25) is 4.79 Å². The third-order valence-corrected chi connectivity index (χ3v) is 6.58. The first-order valence-electron chi connectivity index (χ1n) is 10.5. The summed E-state index contributed by atoms with van der Waals surface area (Å²) < 4.78 is 39.7. The Bertz CT molecular complexity index is 1020. The molecule has 2 aromatic carbocycles. The fourth-order valence-corrected chi connectivity index (χ4v) is 5.20. The summed E-state index contributed by atoms with van der Waals surface area (Å²) in [6, 6.07) is 7.99. The lowest BCUT2D eigenvalue weighted by Gasteiger charge is -2.37. The molecule has 0 spiro atoms. The van der Waals surface area contributed by atoms with Gasteiger partial charge in [-0.05, 0) is 41.0 Å². The summed E-state index contributed by atoms with van der Waals surface area (Å²) in [6.45, 7) is 2.45. The molecule has 0 saturated carbocycles. The molecule has 170 valence electrons. The van der Waals surface area contributed by atoms with Crippen LogP contribution in [-0.4, -0.2) is 47.3 Å². The Morgan fingerprint density at radius 2 is 1.62 bits per heavy atom. The van der Waals surface area contributed by atoms with Crippen molar-refractivity contribution >= 4 is 5.97 Å². The number of fused-ring (bicyclic) bond motifs is 5. The molecule has 1 saturated heterocycles. The molecular weight excluding hydrogens is 416 g/mol. The minimum Gasteiger partial charge on any atom is -0.493 e. The van der Waals surface area contributed by atoms with Gasteiger partial charge in [-0.2, -0.15) is 0 Å². The molecular formula is C24H26O8. The quantitative estimate of drug-likeness (QED) is 0.630. The van der Waals surface area contributed by atoms with Crippen LogP contribution < -0.4 is 23.7 Å². The highest BCUT2D eigenvalue weighted by Crippen LogP contribution is 2.57. The van der Waals surface area contributed by atoms with E-state index < -0.39 is 0 Å². The topological polar surface area (TPSA) is 81.7 Å². The summed E-state index contributed by atoms with van der Waals surface area (Å²) in [7, 11) is 4.79. The molecule has 4 atom stereocenters. The van der Waals surface area contributed by atoms with E-state index in [0.717, 1.165) is 22.4 Å². The monoisotopic (exact) mass is 442 g/mol. The average Bonchev–Trinajstić information content (AvgIpc) is 3.39. The minimum atomic E-state index is -0.301. The smallest absolute Gasteiger partial charge is 0.302 e. The van der Waals surface area contributed by atoms with Crippen molar-refractivity contribution in [3.63, 3.8) is 0 Å². The molecule has 1 fully saturated rings. The Morgan fingerprint density at radius 1 is 0.969 bits per heavy atom. The van der Waals surface area contributed by atoms with Crippen molar-refractivity contribution in [1.29, 1.82) is 0 Å². The van der Waals surface area contributed by atoms with Crippen LogP contribution in [0.25, 0.3) is 0 Å². The van der Waals surface area contributed by atoms with E-state index in [2.05, 4.69) is 0 Å². The molecule has 1 aliphatic carbocycles. The Hall–Kier alpha value is -3.13. The molecule has 0 aromatic heterocycles. The van der Waals surface area contributed by atoms with Crippen LogP contribution in [0.5, 0.6) is 28.7 Å². The normalized spacial score (nSPS) is 24.6. The Kier molecular flexibility index (Phi) is 5.25. The van der Waals surface area contributed by atoms with Gasteiger partial charge in [0.15, 0.2) is 23.0 Å². The van der Waals surface area contributed by atoms with E-state index in [9.17, 15) is 4.79 Å². The van der Waals surface area contributed by atoms with Crippen molar-refractivity contribution < 1.29 is 38.0 Å². The van der Waals surface area contributed by atoms with Gasteiger partial charge in [0.05, 0.1) is 40.6 Å². The molecule has 8 nitrogen and oxygen atoms in total. The van der Waals surface area contributed by atoms with Crippen molar-refractivity contribution in [2.75, 3.05) is 41.3 Å². The van der Waals surface area contributed by atoms with Crippen LogP contribution in [0.3, 0.4) is 0 Å². The van der Waals surface area contributed by atoms with Crippen molar-refractivity contribution in [2.45, 2.75) is 18.9 Å². The summed E-state index contributed by atoms with van der Waals surface area (Å²) in [6.07, 6.45) is -0.179. The first-order chi connectivity index (χ1) is 15.5. The lowest BCUT2D eigenvalue weighted by Crippen LogP contribution is -2.32. The first-order valence-corrected chi connectivity index (χ1v) is 10.5. The lowest BCUT2D eigenvalue weighted by molar-refractivity contribution is -0.143.